The lowest BCUT2D eigenvalue weighted by Crippen LogP contribution is -2.38. The van der Waals surface area contributed by atoms with Gasteiger partial charge in [-0.2, -0.15) is 0 Å². The van der Waals surface area contributed by atoms with E-state index >= 15 is 0 Å². The zero-order valence-electron chi connectivity index (χ0n) is 14.6. The molecule has 0 fully saturated rings. The Hall–Kier alpha value is -3.34. The summed E-state index contributed by atoms with van der Waals surface area (Å²) in [5.41, 5.74) is 2.67. The highest BCUT2D eigenvalue weighted by Crippen LogP contribution is 2.20. The highest BCUT2D eigenvalue weighted by atomic mass is 16.5. The molecule has 1 heterocycles. The van der Waals surface area contributed by atoms with Crippen LogP contribution < -0.4 is 15.4 Å². The monoisotopic (exact) mass is 347 g/mol. The number of hydrogen-bond donors (Lipinski definition) is 2. The van der Waals surface area contributed by atoms with Gasteiger partial charge in [0.1, 0.15) is 5.75 Å². The van der Waals surface area contributed by atoms with Gasteiger partial charge in [-0.05, 0) is 23.8 Å². The molecule has 0 aliphatic carbocycles. The van der Waals surface area contributed by atoms with E-state index in [-0.39, 0.29) is 12.1 Å². The number of para-hydroxylation sites is 1. The smallest absolute Gasteiger partial charge is 0.315 e. The van der Waals surface area contributed by atoms with E-state index in [1.54, 1.807) is 13.3 Å². The maximum absolute atomic E-state index is 12.5. The van der Waals surface area contributed by atoms with E-state index in [0.29, 0.717) is 6.54 Å². The molecule has 3 aromatic rings. The van der Waals surface area contributed by atoms with E-state index < -0.39 is 0 Å². The molecule has 2 N–H and O–H groups in total. The molecule has 5 nitrogen and oxygen atoms in total. The van der Waals surface area contributed by atoms with Gasteiger partial charge in [0.2, 0.25) is 0 Å². The predicted octanol–water partition coefficient (Wildman–Crippen LogP) is 3.68. The lowest BCUT2D eigenvalue weighted by Gasteiger charge is -2.19. The zero-order chi connectivity index (χ0) is 18.2. The van der Waals surface area contributed by atoms with Crippen LogP contribution in [0.2, 0.25) is 0 Å². The maximum atomic E-state index is 12.5. The highest BCUT2D eigenvalue weighted by Gasteiger charge is 2.17. The topological polar surface area (TPSA) is 63.2 Å². The second-order valence-corrected chi connectivity index (χ2v) is 5.74. The van der Waals surface area contributed by atoms with Gasteiger partial charge in [-0.1, -0.05) is 54.6 Å². The molecule has 0 unspecified atom stereocenters. The summed E-state index contributed by atoms with van der Waals surface area (Å²) in [6.45, 7) is 0.375. The summed E-state index contributed by atoms with van der Waals surface area (Å²) in [4.78, 5) is 16.9. The lowest BCUT2D eigenvalue weighted by molar-refractivity contribution is 0.238. The van der Waals surface area contributed by atoms with E-state index in [1.807, 2.05) is 72.8 Å². The van der Waals surface area contributed by atoms with Crippen LogP contribution in [-0.4, -0.2) is 18.1 Å². The summed E-state index contributed by atoms with van der Waals surface area (Å²) in [6, 6.07) is 22.5. The van der Waals surface area contributed by atoms with E-state index in [0.717, 1.165) is 22.6 Å². The van der Waals surface area contributed by atoms with Gasteiger partial charge in [0.25, 0.3) is 0 Å². The van der Waals surface area contributed by atoms with Crippen LogP contribution in [0.1, 0.15) is 22.9 Å². The van der Waals surface area contributed by atoms with Crippen LogP contribution in [0.5, 0.6) is 5.75 Å². The van der Waals surface area contributed by atoms with Crippen LogP contribution in [0.25, 0.3) is 0 Å². The van der Waals surface area contributed by atoms with Crippen LogP contribution in [0, 0.1) is 0 Å². The molecule has 5 heteroatoms. The van der Waals surface area contributed by atoms with Crippen LogP contribution in [0.3, 0.4) is 0 Å². The summed E-state index contributed by atoms with van der Waals surface area (Å²) < 4.78 is 5.32. The van der Waals surface area contributed by atoms with Gasteiger partial charge in [0.15, 0.2) is 0 Å². The molecular weight excluding hydrogens is 326 g/mol. The molecule has 132 valence electrons. The summed E-state index contributed by atoms with van der Waals surface area (Å²) in [6.07, 6.45) is 1.72. The number of urea groups is 1. The Kier molecular flexibility index (Phi) is 5.83. The number of benzene rings is 2. The Labute approximate surface area is 153 Å². The maximum Gasteiger partial charge on any atom is 0.315 e. The van der Waals surface area contributed by atoms with E-state index in [1.165, 1.54) is 0 Å². The van der Waals surface area contributed by atoms with E-state index in [9.17, 15) is 4.79 Å². The molecule has 1 atom stereocenters. The van der Waals surface area contributed by atoms with Gasteiger partial charge in [0, 0.05) is 18.3 Å². The first-order chi connectivity index (χ1) is 12.8. The Morgan fingerprint density at radius 3 is 2.46 bits per heavy atom. The third-order valence-electron chi connectivity index (χ3n) is 4.02. The molecule has 0 saturated heterocycles. The number of nitrogens with zero attached hydrogens (tertiary/aromatic N) is 1. The Bertz CT molecular complexity index is 799. The number of carbonyl (C=O) groups excluding carboxylic acids is 1. The lowest BCUT2D eigenvalue weighted by atomic mass is 10.0. The van der Waals surface area contributed by atoms with Crippen molar-refractivity contribution in [1.29, 1.82) is 0 Å². The molecule has 2 aromatic carbocycles. The molecule has 0 aliphatic heterocycles. The average molecular weight is 347 g/mol. The SMILES string of the molecule is COc1ccccc1CNC(=O)N[C@@H](c1ccccc1)c1ccccn1. The fourth-order valence-corrected chi connectivity index (χ4v) is 2.73. The molecule has 0 spiro atoms. The van der Waals surface area contributed by atoms with Crippen molar-refractivity contribution < 1.29 is 9.53 Å². The molecule has 26 heavy (non-hydrogen) atoms. The molecule has 3 rings (SSSR count). The van der Waals surface area contributed by atoms with Gasteiger partial charge in [-0.15, -0.1) is 0 Å². The summed E-state index contributed by atoms with van der Waals surface area (Å²) in [5.74, 6) is 0.747. The van der Waals surface area contributed by atoms with Crippen molar-refractivity contribution in [3.8, 4) is 5.75 Å². The van der Waals surface area contributed by atoms with Gasteiger partial charge in [-0.25, -0.2) is 4.79 Å². The molecule has 0 radical (unpaired) electrons. The van der Waals surface area contributed by atoms with Crippen molar-refractivity contribution in [2.45, 2.75) is 12.6 Å². The first kappa shape index (κ1) is 17.5. The number of methoxy groups -OCH3 is 1. The first-order valence-electron chi connectivity index (χ1n) is 8.40. The predicted molar refractivity (Wildman–Crippen MR) is 101 cm³/mol. The number of rotatable bonds is 6. The van der Waals surface area contributed by atoms with Crippen molar-refractivity contribution in [3.63, 3.8) is 0 Å². The molecule has 0 saturated carbocycles. The molecule has 2 amide bonds. The minimum absolute atomic E-state index is 0.268. The van der Waals surface area contributed by atoms with Gasteiger partial charge < -0.3 is 15.4 Å². The molecular formula is C21H21N3O2. The minimum Gasteiger partial charge on any atom is -0.496 e. The number of aromatic nitrogens is 1. The molecule has 0 aliphatic rings. The number of amides is 2. The average Bonchev–Trinajstić information content (AvgIpc) is 2.72. The van der Waals surface area contributed by atoms with E-state index in [4.69, 9.17) is 4.74 Å². The van der Waals surface area contributed by atoms with Gasteiger partial charge >= 0.3 is 6.03 Å². The fraction of sp³-hybridized carbons (Fsp3) is 0.143. The number of nitrogens with one attached hydrogen (secondary N) is 2. The standard InChI is InChI=1S/C21H21N3O2/c1-26-19-13-6-5-11-17(19)15-23-21(25)24-20(16-9-3-2-4-10-16)18-12-7-8-14-22-18/h2-14,20H,15H2,1H3,(H2,23,24,25)/t20-/m0/s1. The fourth-order valence-electron chi connectivity index (χ4n) is 2.73. The Balaban J connectivity index is 1.72. The quantitative estimate of drug-likeness (QED) is 0.715. The second-order valence-electron chi connectivity index (χ2n) is 5.74. The Morgan fingerprint density at radius 2 is 1.73 bits per heavy atom. The summed E-state index contributed by atoms with van der Waals surface area (Å²) in [5, 5.41) is 5.89. The van der Waals surface area contributed by atoms with Crippen molar-refractivity contribution >= 4 is 6.03 Å². The van der Waals surface area contributed by atoms with Crippen LogP contribution in [-0.2, 0) is 6.54 Å². The molecule has 0 bridgehead atoms. The first-order valence-corrected chi connectivity index (χ1v) is 8.40. The molecule has 1 aromatic heterocycles. The number of carbonyl (C=O) groups is 1. The zero-order valence-corrected chi connectivity index (χ0v) is 14.6. The highest BCUT2D eigenvalue weighted by molar-refractivity contribution is 5.75. The van der Waals surface area contributed by atoms with Crippen LogP contribution in [0.15, 0.2) is 79.0 Å². The number of ether oxygens (including phenoxy) is 1. The van der Waals surface area contributed by atoms with Crippen LogP contribution in [0.4, 0.5) is 4.79 Å². The van der Waals surface area contributed by atoms with Crippen molar-refractivity contribution in [2.75, 3.05) is 7.11 Å². The Morgan fingerprint density at radius 1 is 1.00 bits per heavy atom. The summed E-state index contributed by atoms with van der Waals surface area (Å²) in [7, 11) is 1.62. The van der Waals surface area contributed by atoms with Crippen molar-refractivity contribution in [2.24, 2.45) is 0 Å². The normalized spacial score (nSPS) is 11.4. The number of pyridine rings is 1. The van der Waals surface area contributed by atoms with Crippen molar-refractivity contribution in [3.05, 3.63) is 95.8 Å². The second kappa shape index (κ2) is 8.67. The van der Waals surface area contributed by atoms with Crippen LogP contribution >= 0.6 is 0 Å². The summed E-state index contributed by atoms with van der Waals surface area (Å²) >= 11 is 0. The van der Waals surface area contributed by atoms with Gasteiger partial charge in [0.05, 0.1) is 18.8 Å². The largest absolute Gasteiger partial charge is 0.496 e. The van der Waals surface area contributed by atoms with Gasteiger partial charge in [-0.3, -0.25) is 4.98 Å². The van der Waals surface area contributed by atoms with E-state index in [2.05, 4.69) is 15.6 Å². The minimum atomic E-state index is -0.324. The third-order valence-corrected chi connectivity index (χ3v) is 4.02. The third kappa shape index (κ3) is 4.39. The number of hydrogen-bond acceptors (Lipinski definition) is 3. The van der Waals surface area contributed by atoms with Crippen molar-refractivity contribution in [1.82, 2.24) is 15.6 Å².